The first-order valence-electron chi connectivity index (χ1n) is 6.16. The highest BCUT2D eigenvalue weighted by molar-refractivity contribution is 5.43. The Balaban J connectivity index is 2.14. The Hall–Kier alpha value is -1.06. The van der Waals surface area contributed by atoms with Gasteiger partial charge < -0.3 is 14.6 Å². The second kappa shape index (κ2) is 5.52. The molecule has 1 N–H and O–H groups in total. The summed E-state index contributed by atoms with van der Waals surface area (Å²) in [6, 6.07) is 3.98. The second-order valence-electron chi connectivity index (χ2n) is 4.65. The van der Waals surface area contributed by atoms with Gasteiger partial charge in [-0.3, -0.25) is 0 Å². The van der Waals surface area contributed by atoms with Crippen LogP contribution in [-0.4, -0.2) is 24.4 Å². The fraction of sp³-hybridized carbons (Fsp3) is 0.571. The molecule has 1 saturated heterocycles. The zero-order chi connectivity index (χ0) is 12.3. The largest absolute Gasteiger partial charge is 0.490 e. The van der Waals surface area contributed by atoms with Crippen LogP contribution in [0.3, 0.4) is 0 Å². The van der Waals surface area contributed by atoms with Crippen LogP contribution < -0.4 is 4.74 Å². The van der Waals surface area contributed by atoms with Crippen LogP contribution >= 0.6 is 0 Å². The molecule has 94 valence electrons. The summed E-state index contributed by atoms with van der Waals surface area (Å²) in [6.07, 6.45) is 2.18. The van der Waals surface area contributed by atoms with Crippen molar-refractivity contribution < 1.29 is 14.6 Å². The lowest BCUT2D eigenvalue weighted by molar-refractivity contribution is 0.0250. The average molecular weight is 236 g/mol. The van der Waals surface area contributed by atoms with E-state index in [-0.39, 0.29) is 12.7 Å². The van der Waals surface area contributed by atoms with E-state index in [2.05, 4.69) is 0 Å². The van der Waals surface area contributed by atoms with Gasteiger partial charge in [0.1, 0.15) is 11.9 Å². The fourth-order valence-corrected chi connectivity index (χ4v) is 2.28. The van der Waals surface area contributed by atoms with Crippen molar-refractivity contribution in [2.45, 2.75) is 39.4 Å². The molecule has 17 heavy (non-hydrogen) atoms. The van der Waals surface area contributed by atoms with Gasteiger partial charge in [0.05, 0.1) is 19.8 Å². The number of hydrogen-bond acceptors (Lipinski definition) is 3. The van der Waals surface area contributed by atoms with Crippen LogP contribution in [-0.2, 0) is 11.3 Å². The number of aliphatic hydroxyl groups excluding tert-OH is 1. The molecule has 0 atom stereocenters. The van der Waals surface area contributed by atoms with E-state index in [1.807, 2.05) is 26.0 Å². The van der Waals surface area contributed by atoms with Crippen LogP contribution in [0.25, 0.3) is 0 Å². The molecule has 0 aromatic heterocycles. The fourth-order valence-electron chi connectivity index (χ4n) is 2.28. The molecule has 0 amide bonds. The maximum absolute atomic E-state index is 9.14. The summed E-state index contributed by atoms with van der Waals surface area (Å²) in [5.41, 5.74) is 3.14. The van der Waals surface area contributed by atoms with Crippen molar-refractivity contribution in [1.29, 1.82) is 0 Å². The first kappa shape index (κ1) is 12.4. The van der Waals surface area contributed by atoms with Crippen molar-refractivity contribution in [2.75, 3.05) is 13.2 Å². The summed E-state index contributed by atoms with van der Waals surface area (Å²) in [5, 5.41) is 9.14. The number of rotatable bonds is 3. The van der Waals surface area contributed by atoms with E-state index < -0.39 is 0 Å². The van der Waals surface area contributed by atoms with Crippen LogP contribution in [0.5, 0.6) is 5.75 Å². The number of benzene rings is 1. The predicted molar refractivity (Wildman–Crippen MR) is 66.3 cm³/mol. The molecule has 0 unspecified atom stereocenters. The Morgan fingerprint density at radius 3 is 2.35 bits per heavy atom. The molecule has 0 saturated carbocycles. The Morgan fingerprint density at radius 1 is 1.24 bits per heavy atom. The molecule has 1 heterocycles. The third kappa shape index (κ3) is 2.99. The van der Waals surface area contributed by atoms with Crippen molar-refractivity contribution >= 4 is 0 Å². The van der Waals surface area contributed by atoms with Crippen molar-refractivity contribution in [1.82, 2.24) is 0 Å². The third-order valence-electron chi connectivity index (χ3n) is 3.16. The minimum Gasteiger partial charge on any atom is -0.490 e. The van der Waals surface area contributed by atoms with Crippen molar-refractivity contribution in [3.63, 3.8) is 0 Å². The molecule has 1 aliphatic heterocycles. The molecule has 1 aromatic carbocycles. The molecule has 2 rings (SSSR count). The normalized spacial score (nSPS) is 17.1. The lowest BCUT2D eigenvalue weighted by Gasteiger charge is -2.25. The summed E-state index contributed by atoms with van der Waals surface area (Å²) >= 11 is 0. The standard InChI is InChI=1S/C14H20O3/c1-10-7-12(9-15)8-11(2)14(10)17-13-3-5-16-6-4-13/h7-8,13,15H,3-6,9H2,1-2H3. The summed E-state index contributed by atoms with van der Waals surface area (Å²) in [4.78, 5) is 0. The van der Waals surface area contributed by atoms with Gasteiger partial charge in [-0.15, -0.1) is 0 Å². The van der Waals surface area contributed by atoms with Crippen LogP contribution in [0.2, 0.25) is 0 Å². The highest BCUT2D eigenvalue weighted by Gasteiger charge is 2.17. The molecule has 0 radical (unpaired) electrons. The number of aryl methyl sites for hydroxylation is 2. The average Bonchev–Trinajstić information content (AvgIpc) is 2.35. The van der Waals surface area contributed by atoms with E-state index >= 15 is 0 Å². The van der Waals surface area contributed by atoms with Gasteiger partial charge in [-0.2, -0.15) is 0 Å². The predicted octanol–water partition coefficient (Wildman–Crippen LogP) is 2.35. The van der Waals surface area contributed by atoms with Gasteiger partial charge in [0, 0.05) is 12.8 Å². The third-order valence-corrected chi connectivity index (χ3v) is 3.16. The quantitative estimate of drug-likeness (QED) is 0.875. The molecule has 0 aliphatic carbocycles. The van der Waals surface area contributed by atoms with E-state index in [1.54, 1.807) is 0 Å². The molecular formula is C14H20O3. The lowest BCUT2D eigenvalue weighted by Crippen LogP contribution is -2.26. The molecule has 1 aliphatic rings. The van der Waals surface area contributed by atoms with E-state index in [0.29, 0.717) is 0 Å². The Bertz CT molecular complexity index is 358. The summed E-state index contributed by atoms with van der Waals surface area (Å²) in [7, 11) is 0. The zero-order valence-corrected chi connectivity index (χ0v) is 10.5. The Labute approximate surface area is 102 Å². The summed E-state index contributed by atoms with van der Waals surface area (Å²) in [5.74, 6) is 0.967. The SMILES string of the molecule is Cc1cc(CO)cc(C)c1OC1CCOCC1. The minimum absolute atomic E-state index is 0.0826. The van der Waals surface area contributed by atoms with Gasteiger partial charge >= 0.3 is 0 Å². The highest BCUT2D eigenvalue weighted by atomic mass is 16.5. The van der Waals surface area contributed by atoms with Crippen molar-refractivity contribution in [2.24, 2.45) is 0 Å². The maximum atomic E-state index is 9.14. The molecule has 3 heteroatoms. The van der Waals surface area contributed by atoms with Gasteiger partial charge in [0.2, 0.25) is 0 Å². The smallest absolute Gasteiger partial charge is 0.125 e. The molecule has 3 nitrogen and oxygen atoms in total. The number of hydrogen-bond donors (Lipinski definition) is 1. The van der Waals surface area contributed by atoms with Crippen molar-refractivity contribution in [3.8, 4) is 5.75 Å². The van der Waals surface area contributed by atoms with Crippen LogP contribution in [0.4, 0.5) is 0 Å². The molecular weight excluding hydrogens is 216 g/mol. The van der Waals surface area contributed by atoms with Gasteiger partial charge in [-0.25, -0.2) is 0 Å². The molecule has 0 spiro atoms. The van der Waals surface area contributed by atoms with Crippen LogP contribution in [0.15, 0.2) is 12.1 Å². The van der Waals surface area contributed by atoms with Gasteiger partial charge in [-0.1, -0.05) is 12.1 Å². The van der Waals surface area contributed by atoms with E-state index in [4.69, 9.17) is 14.6 Å². The van der Waals surface area contributed by atoms with Crippen LogP contribution in [0.1, 0.15) is 29.5 Å². The van der Waals surface area contributed by atoms with Gasteiger partial charge in [-0.05, 0) is 30.5 Å². The highest BCUT2D eigenvalue weighted by Crippen LogP contribution is 2.27. The van der Waals surface area contributed by atoms with E-state index in [0.717, 1.165) is 48.5 Å². The summed E-state index contributed by atoms with van der Waals surface area (Å²) in [6.45, 7) is 5.72. The van der Waals surface area contributed by atoms with Crippen molar-refractivity contribution in [3.05, 3.63) is 28.8 Å². The first-order valence-corrected chi connectivity index (χ1v) is 6.16. The number of ether oxygens (including phenoxy) is 2. The summed E-state index contributed by atoms with van der Waals surface area (Å²) < 4.78 is 11.4. The van der Waals surface area contributed by atoms with Gasteiger partial charge in [0.15, 0.2) is 0 Å². The molecule has 0 bridgehead atoms. The maximum Gasteiger partial charge on any atom is 0.125 e. The van der Waals surface area contributed by atoms with Crippen LogP contribution in [0, 0.1) is 13.8 Å². The lowest BCUT2D eigenvalue weighted by atomic mass is 10.1. The Kier molecular flexibility index (Phi) is 4.02. The zero-order valence-electron chi connectivity index (χ0n) is 10.5. The number of aliphatic hydroxyl groups is 1. The van der Waals surface area contributed by atoms with E-state index in [1.165, 1.54) is 0 Å². The first-order chi connectivity index (χ1) is 8.20. The topological polar surface area (TPSA) is 38.7 Å². The molecule has 1 aromatic rings. The minimum atomic E-state index is 0.0826. The molecule has 1 fully saturated rings. The van der Waals surface area contributed by atoms with E-state index in [9.17, 15) is 0 Å². The monoisotopic (exact) mass is 236 g/mol. The Morgan fingerprint density at radius 2 is 1.82 bits per heavy atom. The van der Waals surface area contributed by atoms with Gasteiger partial charge in [0.25, 0.3) is 0 Å². The second-order valence-corrected chi connectivity index (χ2v) is 4.65.